The average Bonchev–Trinajstić information content (AvgIpc) is 2.67. The monoisotopic (exact) mass is 374 g/mol. The van der Waals surface area contributed by atoms with Crippen LogP contribution in [0.4, 0.5) is 0 Å². The van der Waals surface area contributed by atoms with E-state index in [1.54, 1.807) is 0 Å². The van der Waals surface area contributed by atoms with Crippen molar-refractivity contribution >= 4 is 42.9 Å². The van der Waals surface area contributed by atoms with Crippen molar-refractivity contribution in [2.24, 2.45) is 0 Å². The number of ketones is 1. The maximum atomic E-state index is 12.9. The minimum absolute atomic E-state index is 0.0613. The van der Waals surface area contributed by atoms with E-state index in [1.165, 1.54) is 0 Å². The standard InChI is InChI=1S/C22H14O2S2/c23-21-14-5-1-2-6-15(14)22-20-13(4-3-7-16(20)21)10-17(24-22)12-8-9-18(25)19(26)11-12/h1-11,22,25-26H. The van der Waals surface area contributed by atoms with Crippen LogP contribution >= 0.6 is 25.3 Å². The van der Waals surface area contributed by atoms with Crippen LogP contribution in [0.15, 0.2) is 70.5 Å². The molecule has 126 valence electrons. The number of benzene rings is 3. The summed E-state index contributed by atoms with van der Waals surface area (Å²) in [6.07, 6.45) is 1.71. The third kappa shape index (κ3) is 2.26. The lowest BCUT2D eigenvalue weighted by molar-refractivity contribution is 0.101. The molecule has 0 amide bonds. The molecule has 1 aliphatic carbocycles. The number of ether oxygens (including phenoxy) is 1. The topological polar surface area (TPSA) is 26.3 Å². The van der Waals surface area contributed by atoms with E-state index in [2.05, 4.69) is 25.3 Å². The summed E-state index contributed by atoms with van der Waals surface area (Å²) in [5.41, 5.74) is 5.27. The van der Waals surface area contributed by atoms with Gasteiger partial charge in [-0.3, -0.25) is 4.79 Å². The van der Waals surface area contributed by atoms with E-state index in [0.717, 1.165) is 43.4 Å². The largest absolute Gasteiger partial charge is 0.480 e. The van der Waals surface area contributed by atoms with Crippen molar-refractivity contribution in [2.45, 2.75) is 15.9 Å². The summed E-state index contributed by atoms with van der Waals surface area (Å²) in [7, 11) is 0. The maximum Gasteiger partial charge on any atom is 0.193 e. The second kappa shape index (κ2) is 5.79. The average molecular weight is 374 g/mol. The van der Waals surface area contributed by atoms with Crippen LogP contribution in [0.1, 0.15) is 44.3 Å². The Morgan fingerprint density at radius 3 is 2.50 bits per heavy atom. The van der Waals surface area contributed by atoms with Gasteiger partial charge in [-0.05, 0) is 23.8 Å². The Morgan fingerprint density at radius 1 is 0.846 bits per heavy atom. The van der Waals surface area contributed by atoms with Gasteiger partial charge in [0.05, 0.1) is 0 Å². The Balaban J connectivity index is 1.73. The first kappa shape index (κ1) is 15.8. The second-order valence-electron chi connectivity index (χ2n) is 6.43. The highest BCUT2D eigenvalue weighted by Crippen LogP contribution is 2.45. The summed E-state index contributed by atoms with van der Waals surface area (Å²) < 4.78 is 6.40. The summed E-state index contributed by atoms with van der Waals surface area (Å²) in [5.74, 6) is 0.832. The Kier molecular flexibility index (Phi) is 3.52. The summed E-state index contributed by atoms with van der Waals surface area (Å²) in [6.45, 7) is 0. The molecule has 2 aliphatic rings. The van der Waals surface area contributed by atoms with Gasteiger partial charge in [0, 0.05) is 37.6 Å². The number of hydrogen-bond donors (Lipinski definition) is 2. The van der Waals surface area contributed by atoms with Gasteiger partial charge in [-0.2, -0.15) is 0 Å². The predicted molar refractivity (Wildman–Crippen MR) is 108 cm³/mol. The van der Waals surface area contributed by atoms with E-state index >= 15 is 0 Å². The predicted octanol–water partition coefficient (Wildman–Crippen LogP) is 5.43. The van der Waals surface area contributed by atoms with Crippen molar-refractivity contribution in [3.05, 3.63) is 94.0 Å². The third-order valence-electron chi connectivity index (χ3n) is 4.93. The van der Waals surface area contributed by atoms with Crippen LogP contribution in [0.2, 0.25) is 0 Å². The van der Waals surface area contributed by atoms with Crippen molar-refractivity contribution in [1.29, 1.82) is 0 Å². The normalized spacial score (nSPS) is 17.1. The lowest BCUT2D eigenvalue weighted by Gasteiger charge is -2.33. The zero-order chi connectivity index (χ0) is 17.8. The SMILES string of the molecule is O=C1c2ccccc2C2OC(c3ccc(S)c(S)c3)=Cc3cccc1c32. The van der Waals surface area contributed by atoms with Gasteiger partial charge in [0.2, 0.25) is 0 Å². The fourth-order valence-electron chi connectivity index (χ4n) is 3.69. The van der Waals surface area contributed by atoms with Gasteiger partial charge in [0.15, 0.2) is 11.9 Å². The first-order valence-electron chi connectivity index (χ1n) is 8.31. The van der Waals surface area contributed by atoms with Crippen molar-refractivity contribution in [2.75, 3.05) is 0 Å². The van der Waals surface area contributed by atoms with E-state index in [9.17, 15) is 4.79 Å². The van der Waals surface area contributed by atoms with E-state index in [-0.39, 0.29) is 11.9 Å². The molecule has 1 unspecified atom stereocenters. The fourth-order valence-corrected chi connectivity index (χ4v) is 4.04. The van der Waals surface area contributed by atoms with Gasteiger partial charge >= 0.3 is 0 Å². The molecule has 0 N–H and O–H groups in total. The molecule has 0 spiro atoms. The maximum absolute atomic E-state index is 12.9. The van der Waals surface area contributed by atoms with Crippen LogP contribution in [0, 0.1) is 0 Å². The Bertz CT molecular complexity index is 1110. The molecule has 0 radical (unpaired) electrons. The number of carbonyl (C=O) groups excluding carboxylic acids is 1. The molecule has 0 fully saturated rings. The van der Waals surface area contributed by atoms with Gasteiger partial charge in [0.25, 0.3) is 0 Å². The highest BCUT2D eigenvalue weighted by Gasteiger charge is 2.36. The smallest absolute Gasteiger partial charge is 0.193 e. The molecule has 1 atom stereocenters. The number of rotatable bonds is 1. The molecular formula is C22H14O2S2. The number of thiol groups is 2. The van der Waals surface area contributed by atoms with Crippen molar-refractivity contribution < 1.29 is 9.53 Å². The van der Waals surface area contributed by atoms with Crippen LogP contribution in [0.5, 0.6) is 0 Å². The van der Waals surface area contributed by atoms with Gasteiger partial charge in [-0.15, -0.1) is 25.3 Å². The molecular weight excluding hydrogens is 360 g/mol. The fraction of sp³-hybridized carbons (Fsp3) is 0.0455. The van der Waals surface area contributed by atoms with Gasteiger partial charge in [0.1, 0.15) is 5.76 Å². The van der Waals surface area contributed by atoms with Crippen molar-refractivity contribution in [3.8, 4) is 0 Å². The van der Waals surface area contributed by atoms with Gasteiger partial charge in [-0.25, -0.2) is 0 Å². The molecule has 5 rings (SSSR count). The number of carbonyl (C=O) groups is 1. The van der Waals surface area contributed by atoms with E-state index < -0.39 is 0 Å². The van der Waals surface area contributed by atoms with E-state index in [4.69, 9.17) is 4.74 Å². The summed E-state index contributed by atoms with van der Waals surface area (Å²) in [4.78, 5) is 14.5. The zero-order valence-electron chi connectivity index (χ0n) is 13.6. The van der Waals surface area contributed by atoms with Crippen LogP contribution in [-0.4, -0.2) is 5.78 Å². The van der Waals surface area contributed by atoms with Crippen LogP contribution in [-0.2, 0) is 4.74 Å². The van der Waals surface area contributed by atoms with Crippen LogP contribution < -0.4 is 0 Å². The lowest BCUT2D eigenvalue weighted by atomic mass is 9.79. The number of fused-ring (bicyclic) bond motifs is 2. The third-order valence-corrected chi connectivity index (χ3v) is 5.86. The van der Waals surface area contributed by atoms with Crippen molar-refractivity contribution in [3.63, 3.8) is 0 Å². The molecule has 0 aromatic heterocycles. The molecule has 0 saturated heterocycles. The quantitative estimate of drug-likeness (QED) is 0.556. The summed E-state index contributed by atoms with van der Waals surface area (Å²) >= 11 is 8.85. The molecule has 0 saturated carbocycles. The highest BCUT2D eigenvalue weighted by molar-refractivity contribution is 7.83. The number of hydrogen-bond acceptors (Lipinski definition) is 4. The lowest BCUT2D eigenvalue weighted by Crippen LogP contribution is -2.24. The first-order chi connectivity index (χ1) is 12.6. The van der Waals surface area contributed by atoms with E-state index in [0.29, 0.717) is 5.56 Å². The Morgan fingerprint density at radius 2 is 1.65 bits per heavy atom. The molecule has 4 heteroatoms. The van der Waals surface area contributed by atoms with Crippen LogP contribution in [0.25, 0.3) is 11.8 Å². The molecule has 2 nitrogen and oxygen atoms in total. The Labute approximate surface area is 162 Å². The van der Waals surface area contributed by atoms with Crippen LogP contribution in [0.3, 0.4) is 0 Å². The minimum atomic E-state index is -0.283. The first-order valence-corrected chi connectivity index (χ1v) is 9.20. The summed E-state index contributed by atoms with van der Waals surface area (Å²) in [5, 5.41) is 0. The second-order valence-corrected chi connectivity index (χ2v) is 7.40. The summed E-state index contributed by atoms with van der Waals surface area (Å²) in [6, 6.07) is 19.4. The minimum Gasteiger partial charge on any atom is -0.480 e. The van der Waals surface area contributed by atoms with Gasteiger partial charge < -0.3 is 4.74 Å². The van der Waals surface area contributed by atoms with Crippen molar-refractivity contribution in [1.82, 2.24) is 0 Å². The molecule has 3 aromatic carbocycles. The molecule has 1 aliphatic heterocycles. The zero-order valence-corrected chi connectivity index (χ0v) is 15.4. The van der Waals surface area contributed by atoms with E-state index in [1.807, 2.05) is 66.7 Å². The molecule has 3 aromatic rings. The molecule has 1 heterocycles. The van der Waals surface area contributed by atoms with Gasteiger partial charge in [-0.1, -0.05) is 48.5 Å². The molecule has 0 bridgehead atoms. The molecule has 26 heavy (non-hydrogen) atoms. The highest BCUT2D eigenvalue weighted by atomic mass is 32.1. The Hall–Kier alpha value is -2.43.